The number of amidine groups is 1. The van der Waals surface area contributed by atoms with Crippen molar-refractivity contribution in [1.82, 2.24) is 14.9 Å². The van der Waals surface area contributed by atoms with E-state index in [1.165, 1.54) is 18.5 Å². The van der Waals surface area contributed by atoms with Gasteiger partial charge in [0.1, 0.15) is 24.7 Å². The van der Waals surface area contributed by atoms with Gasteiger partial charge in [0.05, 0.1) is 13.2 Å². The molecule has 1 aliphatic rings. The average Bonchev–Trinajstić information content (AvgIpc) is 2.72. The van der Waals surface area contributed by atoms with Crippen LogP contribution in [0.3, 0.4) is 0 Å². The highest BCUT2D eigenvalue weighted by Crippen LogP contribution is 2.25. The van der Waals surface area contributed by atoms with Crippen molar-refractivity contribution in [3.05, 3.63) is 42.0 Å². The molecule has 3 N–H and O–H groups in total. The fourth-order valence-corrected chi connectivity index (χ4v) is 3.04. The molecule has 170 valence electrons. The second-order valence-corrected chi connectivity index (χ2v) is 7.18. The predicted octanol–water partition coefficient (Wildman–Crippen LogP) is 2.12. The summed E-state index contributed by atoms with van der Waals surface area (Å²) in [5.41, 5.74) is 6.01. The highest BCUT2D eigenvalue weighted by molar-refractivity contribution is 5.94. The highest BCUT2D eigenvalue weighted by Gasteiger charge is 2.32. The molecular formula is C21H24FN5O5. The summed E-state index contributed by atoms with van der Waals surface area (Å²) in [4.78, 5) is 32.9. The zero-order valence-corrected chi connectivity index (χ0v) is 17.5. The van der Waals surface area contributed by atoms with E-state index >= 15 is 0 Å². The fourth-order valence-electron chi connectivity index (χ4n) is 3.04. The molecule has 1 aromatic heterocycles. The van der Waals surface area contributed by atoms with Gasteiger partial charge in [0.25, 0.3) is 0 Å². The minimum absolute atomic E-state index is 0.151. The number of carbonyl (C=O) groups excluding carboxylic acids is 2. The maximum Gasteiger partial charge on any atom is 0.409 e. The first-order valence-electron chi connectivity index (χ1n) is 10.00. The fraction of sp³-hybridized carbons (Fsp3) is 0.381. The van der Waals surface area contributed by atoms with E-state index in [-0.39, 0.29) is 48.0 Å². The van der Waals surface area contributed by atoms with Crippen molar-refractivity contribution in [2.75, 3.05) is 26.3 Å². The molecule has 1 aliphatic heterocycles. The Labute approximate surface area is 184 Å². The van der Waals surface area contributed by atoms with Gasteiger partial charge in [-0.25, -0.2) is 19.2 Å². The highest BCUT2D eigenvalue weighted by atomic mass is 19.1. The maximum atomic E-state index is 14.8. The van der Waals surface area contributed by atoms with Crippen LogP contribution in [0.1, 0.15) is 18.9 Å². The summed E-state index contributed by atoms with van der Waals surface area (Å²) in [6, 6.07) is 4.84. The molecular weight excluding hydrogens is 421 g/mol. The lowest BCUT2D eigenvalue weighted by Gasteiger charge is -2.37. The van der Waals surface area contributed by atoms with E-state index in [4.69, 9.17) is 25.4 Å². The van der Waals surface area contributed by atoms with Crippen LogP contribution in [0, 0.1) is 17.1 Å². The van der Waals surface area contributed by atoms with Gasteiger partial charge in [-0.1, -0.05) is 18.2 Å². The summed E-state index contributed by atoms with van der Waals surface area (Å²) in [6.07, 6.45) is 2.20. The largest absolute Gasteiger partial charge is 0.463 e. The van der Waals surface area contributed by atoms with Gasteiger partial charge in [0.2, 0.25) is 0 Å². The molecule has 0 radical (unpaired) electrons. The Morgan fingerprint density at radius 2 is 1.97 bits per heavy atom. The molecule has 11 heteroatoms. The number of esters is 1. The Morgan fingerprint density at radius 1 is 1.25 bits per heavy atom. The number of aromatic nitrogens is 2. The van der Waals surface area contributed by atoms with Gasteiger partial charge in [-0.3, -0.25) is 10.2 Å². The van der Waals surface area contributed by atoms with E-state index in [1.807, 2.05) is 0 Å². The topological polar surface area (TPSA) is 141 Å². The van der Waals surface area contributed by atoms with Gasteiger partial charge in [-0.15, -0.1) is 0 Å². The molecule has 1 amide bonds. The van der Waals surface area contributed by atoms with Crippen LogP contribution in [0.4, 0.5) is 9.18 Å². The number of nitrogens with two attached hydrogens (primary N) is 1. The Balaban J connectivity index is 1.54. The maximum absolute atomic E-state index is 14.8. The lowest BCUT2D eigenvalue weighted by Crippen LogP contribution is -2.52. The van der Waals surface area contributed by atoms with Crippen molar-refractivity contribution in [1.29, 1.82) is 5.41 Å². The summed E-state index contributed by atoms with van der Waals surface area (Å²) in [5.74, 6) is -1.42. The average molecular weight is 445 g/mol. The monoisotopic (exact) mass is 445 g/mol. The van der Waals surface area contributed by atoms with Crippen LogP contribution in [0.15, 0.2) is 30.6 Å². The zero-order chi connectivity index (χ0) is 23.1. The second-order valence-electron chi connectivity index (χ2n) is 7.18. The summed E-state index contributed by atoms with van der Waals surface area (Å²) in [6.45, 7) is 3.26. The molecule has 0 aliphatic carbocycles. The molecule has 0 saturated carbocycles. The summed E-state index contributed by atoms with van der Waals surface area (Å²) >= 11 is 0. The minimum Gasteiger partial charge on any atom is -0.463 e. The Morgan fingerprint density at radius 3 is 2.62 bits per heavy atom. The standard InChI is InChI=1S/C21H24FN5O5/c1-2-30-21(29)27-9-13(10-27)11-32-20-25-7-15(8-26-20)16-5-3-4-14(19(16)22)12-31-18(28)6-17(23)24/h3-5,7-8,13H,2,6,9-12H2,1H3,(H3,23,24). The van der Waals surface area contributed by atoms with Crippen molar-refractivity contribution < 1.29 is 28.2 Å². The van der Waals surface area contributed by atoms with Crippen molar-refractivity contribution in [3.8, 4) is 17.1 Å². The molecule has 2 aromatic rings. The molecule has 1 fully saturated rings. The molecule has 1 aromatic carbocycles. The van der Waals surface area contributed by atoms with Crippen LogP contribution < -0.4 is 10.5 Å². The van der Waals surface area contributed by atoms with Crippen LogP contribution in [-0.2, 0) is 20.9 Å². The van der Waals surface area contributed by atoms with Crippen molar-refractivity contribution in [3.63, 3.8) is 0 Å². The van der Waals surface area contributed by atoms with E-state index in [9.17, 15) is 14.0 Å². The van der Waals surface area contributed by atoms with Crippen LogP contribution >= 0.6 is 0 Å². The van der Waals surface area contributed by atoms with Gasteiger partial charge in [-0.05, 0) is 6.92 Å². The van der Waals surface area contributed by atoms with E-state index < -0.39 is 11.8 Å². The zero-order valence-electron chi connectivity index (χ0n) is 17.5. The van der Waals surface area contributed by atoms with Crippen LogP contribution in [-0.4, -0.2) is 59.1 Å². The van der Waals surface area contributed by atoms with Crippen molar-refractivity contribution in [2.24, 2.45) is 11.7 Å². The lowest BCUT2D eigenvalue weighted by molar-refractivity contribution is -0.143. The van der Waals surface area contributed by atoms with E-state index in [1.54, 1.807) is 24.0 Å². The van der Waals surface area contributed by atoms with E-state index in [0.717, 1.165) is 0 Å². The van der Waals surface area contributed by atoms with Crippen LogP contribution in [0.5, 0.6) is 6.01 Å². The van der Waals surface area contributed by atoms with Gasteiger partial charge >= 0.3 is 18.1 Å². The third kappa shape index (κ3) is 5.90. The number of hydrogen-bond donors (Lipinski definition) is 2. The number of nitrogens with one attached hydrogen (secondary N) is 1. The van der Waals surface area contributed by atoms with Gasteiger partial charge in [0.15, 0.2) is 0 Å². The van der Waals surface area contributed by atoms with Crippen LogP contribution in [0.2, 0.25) is 0 Å². The third-order valence-corrected chi connectivity index (χ3v) is 4.67. The van der Waals surface area contributed by atoms with Crippen molar-refractivity contribution >= 4 is 17.9 Å². The Kier molecular flexibility index (Phi) is 7.53. The number of likely N-dealkylation sites (tertiary alicyclic amines) is 1. The molecule has 32 heavy (non-hydrogen) atoms. The summed E-state index contributed by atoms with van der Waals surface area (Å²) in [5, 5.41) is 7.08. The number of halogens is 1. The number of carbonyl (C=O) groups is 2. The number of hydrogen-bond acceptors (Lipinski definition) is 8. The normalized spacial score (nSPS) is 13.2. The lowest BCUT2D eigenvalue weighted by atomic mass is 10.0. The van der Waals surface area contributed by atoms with Gasteiger partial charge in [-0.2, -0.15) is 0 Å². The quantitative estimate of drug-likeness (QED) is 0.340. The molecule has 1 saturated heterocycles. The third-order valence-electron chi connectivity index (χ3n) is 4.67. The first-order valence-corrected chi connectivity index (χ1v) is 10.00. The molecule has 0 unspecified atom stereocenters. The van der Waals surface area contributed by atoms with Gasteiger partial charge < -0.3 is 24.8 Å². The summed E-state index contributed by atoms with van der Waals surface area (Å²) in [7, 11) is 0. The second kappa shape index (κ2) is 10.5. The number of amides is 1. The minimum atomic E-state index is -0.705. The van der Waals surface area contributed by atoms with E-state index in [0.29, 0.717) is 31.9 Å². The molecule has 10 nitrogen and oxygen atoms in total. The smallest absolute Gasteiger partial charge is 0.409 e. The number of benzene rings is 1. The molecule has 2 heterocycles. The van der Waals surface area contributed by atoms with E-state index in [2.05, 4.69) is 9.97 Å². The van der Waals surface area contributed by atoms with Crippen molar-refractivity contribution in [2.45, 2.75) is 20.0 Å². The SMILES string of the molecule is CCOC(=O)N1CC(COc2ncc(-c3cccc(COC(=O)CC(=N)N)c3F)cn2)C1. The number of nitrogens with zero attached hydrogens (tertiary/aromatic N) is 3. The Bertz CT molecular complexity index is 979. The molecule has 0 spiro atoms. The van der Waals surface area contributed by atoms with Gasteiger partial charge in [0, 0.05) is 48.1 Å². The number of rotatable bonds is 9. The molecule has 3 rings (SSSR count). The molecule has 0 atom stereocenters. The predicted molar refractivity (Wildman–Crippen MR) is 111 cm³/mol. The number of ether oxygens (including phenoxy) is 3. The molecule has 0 bridgehead atoms. The Hall–Kier alpha value is -3.76. The first kappa shape index (κ1) is 22.9. The summed E-state index contributed by atoms with van der Waals surface area (Å²) < 4.78 is 30.3. The first-order chi connectivity index (χ1) is 15.4. The van der Waals surface area contributed by atoms with Crippen LogP contribution in [0.25, 0.3) is 11.1 Å².